The first-order chi connectivity index (χ1) is 13.1. The molecule has 4 nitrogen and oxygen atoms in total. The van der Waals surface area contributed by atoms with Crippen LogP contribution in [0.3, 0.4) is 0 Å². The van der Waals surface area contributed by atoms with Gasteiger partial charge in [0.05, 0.1) is 12.8 Å². The Morgan fingerprint density at radius 3 is 2.37 bits per heavy atom. The molecule has 4 heteroatoms. The van der Waals surface area contributed by atoms with Gasteiger partial charge in [-0.1, -0.05) is 57.6 Å². The minimum atomic E-state index is 0.0555. The number of carbonyl (C=O) groups excluding carboxylic acids is 1. The van der Waals surface area contributed by atoms with Crippen LogP contribution in [0, 0.1) is 0 Å². The van der Waals surface area contributed by atoms with Gasteiger partial charge < -0.3 is 5.32 Å². The summed E-state index contributed by atoms with van der Waals surface area (Å²) in [5.41, 5.74) is 0. The fourth-order valence-corrected chi connectivity index (χ4v) is 4.23. The molecule has 1 heterocycles. The van der Waals surface area contributed by atoms with Crippen molar-refractivity contribution in [1.82, 2.24) is 5.32 Å². The van der Waals surface area contributed by atoms with Gasteiger partial charge in [-0.15, -0.1) is 0 Å². The number of unbranched alkanes of at least 4 members (excludes halogenated alkanes) is 8. The van der Waals surface area contributed by atoms with Crippen molar-refractivity contribution < 1.29 is 9.28 Å². The minimum absolute atomic E-state index is 0.0555. The van der Waals surface area contributed by atoms with Gasteiger partial charge in [-0.05, 0) is 32.6 Å². The summed E-state index contributed by atoms with van der Waals surface area (Å²) in [4.78, 5) is 16.2. The number of hydrogen-bond donors (Lipinski definition) is 1. The third-order valence-electron chi connectivity index (χ3n) is 6.02. The Morgan fingerprint density at radius 1 is 1.11 bits per heavy atom. The van der Waals surface area contributed by atoms with Crippen molar-refractivity contribution >= 4 is 12.1 Å². The summed E-state index contributed by atoms with van der Waals surface area (Å²) in [5.74, 6) is 0.0555. The topological polar surface area (TPSA) is 41.5 Å². The van der Waals surface area contributed by atoms with Gasteiger partial charge in [0.2, 0.25) is 5.91 Å². The predicted molar refractivity (Wildman–Crippen MR) is 117 cm³/mol. The molecule has 0 saturated carbocycles. The number of allylic oxidation sites excluding steroid dienone is 2. The second-order valence-corrected chi connectivity index (χ2v) is 8.10. The lowest BCUT2D eigenvalue weighted by Gasteiger charge is -2.42. The normalized spacial score (nSPS) is 23.2. The molecule has 3 unspecified atom stereocenters. The van der Waals surface area contributed by atoms with E-state index in [1.165, 1.54) is 64.2 Å². The molecule has 0 aliphatic carbocycles. The van der Waals surface area contributed by atoms with Crippen LogP contribution in [0.15, 0.2) is 17.1 Å². The van der Waals surface area contributed by atoms with Gasteiger partial charge >= 0.3 is 0 Å². The van der Waals surface area contributed by atoms with E-state index in [4.69, 9.17) is 4.99 Å². The van der Waals surface area contributed by atoms with E-state index in [0.29, 0.717) is 6.17 Å². The van der Waals surface area contributed by atoms with E-state index in [1.54, 1.807) is 6.92 Å². The molecule has 1 aliphatic rings. The van der Waals surface area contributed by atoms with E-state index in [-0.39, 0.29) is 12.1 Å². The van der Waals surface area contributed by atoms with E-state index in [1.807, 2.05) is 0 Å². The predicted octanol–water partition coefficient (Wildman–Crippen LogP) is 5.58. The van der Waals surface area contributed by atoms with E-state index >= 15 is 0 Å². The lowest BCUT2D eigenvalue weighted by atomic mass is 10.1. The van der Waals surface area contributed by atoms with Gasteiger partial charge in [-0.25, -0.2) is 4.99 Å². The van der Waals surface area contributed by atoms with Crippen molar-refractivity contribution in [2.45, 2.75) is 111 Å². The highest BCUT2D eigenvalue weighted by Crippen LogP contribution is 2.27. The van der Waals surface area contributed by atoms with Crippen LogP contribution >= 0.6 is 0 Å². The van der Waals surface area contributed by atoms with Crippen LogP contribution in [0.5, 0.6) is 0 Å². The highest BCUT2D eigenvalue weighted by Gasteiger charge is 2.42. The standard InChI is InChI=1S/C23H43N3O/c1-5-7-8-9-10-11-12-13-14-15-16-17-18-23-24-19-20-26(23,6-2)21(3)25-22(4)27/h8-9,19,21,23H,5-7,10-18,20H2,1-4H3/p+1/b9-8+. The average Bonchev–Trinajstić information content (AvgIpc) is 3.06. The fourth-order valence-electron chi connectivity index (χ4n) is 4.23. The number of nitrogens with zero attached hydrogens (tertiary/aromatic N) is 2. The number of amides is 1. The van der Waals surface area contributed by atoms with E-state index in [0.717, 1.165) is 24.0 Å². The van der Waals surface area contributed by atoms with E-state index < -0.39 is 0 Å². The molecule has 1 aliphatic heterocycles. The van der Waals surface area contributed by atoms with E-state index in [9.17, 15) is 4.79 Å². The van der Waals surface area contributed by atoms with Gasteiger partial charge in [0.1, 0.15) is 6.54 Å². The Bertz CT molecular complexity index is 461. The number of nitrogens with one attached hydrogen (secondary N) is 1. The quantitative estimate of drug-likeness (QED) is 0.225. The van der Waals surface area contributed by atoms with Crippen LogP contribution in [0.4, 0.5) is 0 Å². The Kier molecular flexibility index (Phi) is 12.3. The van der Waals surface area contributed by atoms with Crippen LogP contribution in [0.25, 0.3) is 0 Å². The second-order valence-electron chi connectivity index (χ2n) is 8.10. The molecule has 0 bridgehead atoms. The third kappa shape index (κ3) is 8.59. The molecule has 0 fully saturated rings. The molecule has 1 N–H and O–H groups in total. The zero-order valence-corrected chi connectivity index (χ0v) is 18.4. The largest absolute Gasteiger partial charge is 0.307 e. The van der Waals surface area contributed by atoms with Crippen LogP contribution < -0.4 is 5.32 Å². The van der Waals surface area contributed by atoms with Gasteiger partial charge in [-0.3, -0.25) is 9.28 Å². The first kappa shape index (κ1) is 23.9. The summed E-state index contributed by atoms with van der Waals surface area (Å²) in [5, 5.41) is 3.10. The summed E-state index contributed by atoms with van der Waals surface area (Å²) in [6.45, 7) is 10.1. The second kappa shape index (κ2) is 13.9. The molecule has 3 atom stereocenters. The Hall–Kier alpha value is -1.16. The maximum absolute atomic E-state index is 11.5. The van der Waals surface area contributed by atoms with Crippen molar-refractivity contribution in [1.29, 1.82) is 0 Å². The molecular weight excluding hydrogens is 334 g/mol. The first-order valence-electron chi connectivity index (χ1n) is 11.4. The molecule has 27 heavy (non-hydrogen) atoms. The maximum Gasteiger partial charge on any atom is 0.221 e. The van der Waals surface area contributed by atoms with Crippen molar-refractivity contribution in [2.75, 3.05) is 13.1 Å². The summed E-state index contributed by atoms with van der Waals surface area (Å²) in [6, 6.07) is 0. The Labute approximate surface area is 168 Å². The van der Waals surface area contributed by atoms with Gasteiger partial charge in [-0.2, -0.15) is 0 Å². The summed E-state index contributed by atoms with van der Waals surface area (Å²) < 4.78 is 0.880. The van der Waals surface area contributed by atoms with Gasteiger partial charge in [0.15, 0.2) is 12.3 Å². The Morgan fingerprint density at radius 2 is 1.74 bits per heavy atom. The fraction of sp³-hybridized carbons (Fsp3) is 0.826. The lowest BCUT2D eigenvalue weighted by Crippen LogP contribution is -2.63. The van der Waals surface area contributed by atoms with Crippen LogP contribution in [0.2, 0.25) is 0 Å². The summed E-state index contributed by atoms with van der Waals surface area (Å²) in [6.07, 6.45) is 21.4. The van der Waals surface area contributed by atoms with Crippen LogP contribution in [-0.4, -0.2) is 42.0 Å². The van der Waals surface area contributed by atoms with E-state index in [2.05, 4.69) is 44.5 Å². The summed E-state index contributed by atoms with van der Waals surface area (Å²) >= 11 is 0. The smallest absolute Gasteiger partial charge is 0.221 e. The molecule has 0 spiro atoms. The van der Waals surface area contributed by atoms with Crippen molar-refractivity contribution in [3.05, 3.63) is 12.2 Å². The molecule has 1 rings (SSSR count). The molecule has 0 saturated heterocycles. The third-order valence-corrected chi connectivity index (χ3v) is 6.02. The lowest BCUT2D eigenvalue weighted by molar-refractivity contribution is -0.959. The molecule has 0 radical (unpaired) electrons. The van der Waals surface area contributed by atoms with Crippen LogP contribution in [-0.2, 0) is 4.79 Å². The van der Waals surface area contributed by atoms with Crippen molar-refractivity contribution in [3.8, 4) is 0 Å². The number of hydrogen-bond acceptors (Lipinski definition) is 2. The highest BCUT2D eigenvalue weighted by atomic mass is 16.1. The Balaban J connectivity index is 2.16. The maximum atomic E-state index is 11.5. The number of aliphatic imine (C=N–C) groups is 1. The van der Waals surface area contributed by atoms with Gasteiger partial charge in [0.25, 0.3) is 0 Å². The van der Waals surface area contributed by atoms with Crippen LogP contribution in [0.1, 0.15) is 98.3 Å². The SMILES string of the molecule is CCC/C=C/CCCCCCCCCC1N=CC[N+]1(CC)C(C)NC(C)=O. The zero-order valence-electron chi connectivity index (χ0n) is 18.4. The molecule has 156 valence electrons. The van der Waals surface area contributed by atoms with Crippen molar-refractivity contribution in [3.63, 3.8) is 0 Å². The molecular formula is C23H44N3O+. The molecule has 0 aromatic carbocycles. The molecule has 1 amide bonds. The minimum Gasteiger partial charge on any atom is -0.307 e. The average molecular weight is 379 g/mol. The molecule has 0 aromatic rings. The number of quaternary nitrogens is 1. The molecule has 0 aromatic heterocycles. The first-order valence-corrected chi connectivity index (χ1v) is 11.4. The number of carbonyl (C=O) groups is 1. The number of rotatable bonds is 15. The van der Waals surface area contributed by atoms with Gasteiger partial charge in [0, 0.05) is 20.3 Å². The summed E-state index contributed by atoms with van der Waals surface area (Å²) in [7, 11) is 0. The highest BCUT2D eigenvalue weighted by molar-refractivity contribution is 5.73. The monoisotopic (exact) mass is 378 g/mol. The van der Waals surface area contributed by atoms with Crippen molar-refractivity contribution in [2.24, 2.45) is 4.99 Å². The zero-order chi connectivity index (χ0) is 20.0.